The van der Waals surface area contributed by atoms with E-state index in [9.17, 15) is 8.42 Å². The molecule has 3 aromatic carbocycles. The zero-order valence-corrected chi connectivity index (χ0v) is 21.2. The molecule has 2 heterocycles. The second-order valence-electron chi connectivity index (χ2n) is 9.32. The average molecular weight is 490 g/mol. The molecule has 2 aliphatic rings. The predicted octanol–water partition coefficient (Wildman–Crippen LogP) is 4.84. The van der Waals surface area contributed by atoms with Gasteiger partial charge in [-0.15, -0.1) is 4.40 Å². The third-order valence-corrected chi connectivity index (χ3v) is 8.13. The van der Waals surface area contributed by atoms with Crippen LogP contribution < -0.4 is 9.64 Å². The van der Waals surface area contributed by atoms with Crippen molar-refractivity contribution in [1.82, 2.24) is 4.90 Å². The number of benzene rings is 3. The summed E-state index contributed by atoms with van der Waals surface area (Å²) >= 11 is 0. The van der Waals surface area contributed by atoms with Crippen molar-refractivity contribution in [3.8, 4) is 5.75 Å². The number of anilines is 1. The molecule has 35 heavy (non-hydrogen) atoms. The molecule has 2 atom stereocenters. The van der Waals surface area contributed by atoms with Crippen molar-refractivity contribution in [3.05, 3.63) is 89.5 Å². The van der Waals surface area contributed by atoms with E-state index in [1.54, 1.807) is 24.3 Å². The minimum absolute atomic E-state index is 0.150. The van der Waals surface area contributed by atoms with Crippen molar-refractivity contribution in [2.75, 3.05) is 31.6 Å². The summed E-state index contributed by atoms with van der Waals surface area (Å²) < 4.78 is 37.1. The van der Waals surface area contributed by atoms with E-state index in [4.69, 9.17) is 4.74 Å². The van der Waals surface area contributed by atoms with E-state index in [1.165, 1.54) is 11.1 Å². The normalized spacial score (nSPS) is 20.4. The maximum atomic E-state index is 13.6. The molecule has 3 aromatic rings. The Morgan fingerprint density at radius 2 is 1.80 bits per heavy atom. The maximum absolute atomic E-state index is 13.6. The van der Waals surface area contributed by atoms with Crippen molar-refractivity contribution in [2.45, 2.75) is 37.1 Å². The van der Waals surface area contributed by atoms with Crippen LogP contribution in [0.4, 0.5) is 5.69 Å². The van der Waals surface area contributed by atoms with E-state index < -0.39 is 10.0 Å². The molecule has 0 aliphatic carbocycles. The number of fused-ring (bicyclic) bond motifs is 3. The van der Waals surface area contributed by atoms with E-state index in [1.807, 2.05) is 37.3 Å². The van der Waals surface area contributed by atoms with Crippen LogP contribution in [0.1, 0.15) is 36.0 Å². The molecule has 0 radical (unpaired) electrons. The zero-order chi connectivity index (χ0) is 24.6. The summed E-state index contributed by atoms with van der Waals surface area (Å²) in [7, 11) is -1.81. The molecular formula is C28H31N3O3S. The van der Waals surface area contributed by atoms with Crippen LogP contribution >= 0.6 is 0 Å². The predicted molar refractivity (Wildman–Crippen MR) is 140 cm³/mol. The lowest BCUT2D eigenvalue weighted by Gasteiger charge is -2.37. The van der Waals surface area contributed by atoms with Gasteiger partial charge in [-0.25, -0.2) is 0 Å². The number of likely N-dealkylation sites (tertiary alicyclic amines) is 1. The highest BCUT2D eigenvalue weighted by molar-refractivity contribution is 7.90. The number of hydrogen-bond donors (Lipinski definition) is 0. The molecule has 2 unspecified atom stereocenters. The molecule has 0 spiro atoms. The second kappa shape index (κ2) is 9.47. The number of sulfonamides is 1. The number of aryl methyl sites for hydroxylation is 1. The van der Waals surface area contributed by atoms with Gasteiger partial charge in [0.15, 0.2) is 5.84 Å². The van der Waals surface area contributed by atoms with Gasteiger partial charge in [0, 0.05) is 29.8 Å². The summed E-state index contributed by atoms with van der Waals surface area (Å²) in [5.74, 6) is 1.41. The smallest absolute Gasteiger partial charge is 0.284 e. The quantitative estimate of drug-likeness (QED) is 0.379. The van der Waals surface area contributed by atoms with Gasteiger partial charge in [-0.05, 0) is 69.8 Å². The highest BCUT2D eigenvalue weighted by Gasteiger charge is 2.43. The lowest BCUT2D eigenvalue weighted by atomic mass is 9.88. The minimum Gasteiger partial charge on any atom is -0.494 e. The Hall–Kier alpha value is -3.16. The number of hydrogen-bond acceptors (Lipinski definition) is 4. The van der Waals surface area contributed by atoms with E-state index in [2.05, 4.69) is 46.4 Å². The first-order chi connectivity index (χ1) is 16.9. The number of ether oxygens (including phenoxy) is 1. The third-order valence-electron chi connectivity index (χ3n) is 6.85. The number of likely N-dealkylation sites (N-methyl/N-ethyl adjacent to an activating group) is 1. The van der Waals surface area contributed by atoms with Gasteiger partial charge in [-0.3, -0.25) is 0 Å². The van der Waals surface area contributed by atoms with Crippen molar-refractivity contribution < 1.29 is 13.2 Å². The summed E-state index contributed by atoms with van der Waals surface area (Å²) in [6.45, 7) is 6.41. The van der Waals surface area contributed by atoms with Crippen LogP contribution in [-0.4, -0.2) is 51.9 Å². The van der Waals surface area contributed by atoms with Gasteiger partial charge in [-0.2, -0.15) is 8.42 Å². The Kier molecular flexibility index (Phi) is 6.38. The van der Waals surface area contributed by atoms with E-state index in [0.29, 0.717) is 24.1 Å². The van der Waals surface area contributed by atoms with E-state index in [-0.39, 0.29) is 10.9 Å². The Balaban J connectivity index is 1.65. The van der Waals surface area contributed by atoms with Crippen LogP contribution in [-0.2, 0) is 10.0 Å². The van der Waals surface area contributed by atoms with Gasteiger partial charge < -0.3 is 14.5 Å². The SMILES string of the molecule is CCOc1ccc(S(=O)(=O)/N=C(/c2ccccc2)N2c3ccc(C)cc3C3CN(C)CCC32)cc1. The summed E-state index contributed by atoms with van der Waals surface area (Å²) in [5.41, 5.74) is 4.31. The molecule has 1 fully saturated rings. The first kappa shape index (κ1) is 23.6. The first-order valence-electron chi connectivity index (χ1n) is 12.1. The number of amidine groups is 1. The lowest BCUT2D eigenvalue weighted by Crippen LogP contribution is -2.47. The van der Waals surface area contributed by atoms with Gasteiger partial charge in [0.05, 0.1) is 11.5 Å². The maximum Gasteiger partial charge on any atom is 0.284 e. The molecule has 0 saturated carbocycles. The van der Waals surface area contributed by atoms with Crippen LogP contribution in [0.5, 0.6) is 5.75 Å². The van der Waals surface area contributed by atoms with Crippen molar-refractivity contribution in [3.63, 3.8) is 0 Å². The van der Waals surface area contributed by atoms with Crippen LogP contribution in [0.2, 0.25) is 0 Å². The van der Waals surface area contributed by atoms with E-state index in [0.717, 1.165) is 30.8 Å². The lowest BCUT2D eigenvalue weighted by molar-refractivity contribution is 0.237. The first-order valence-corrected chi connectivity index (χ1v) is 13.5. The van der Waals surface area contributed by atoms with Crippen LogP contribution in [0, 0.1) is 6.92 Å². The summed E-state index contributed by atoms with van der Waals surface area (Å²) in [6.07, 6.45) is 0.934. The highest BCUT2D eigenvalue weighted by atomic mass is 32.2. The Morgan fingerprint density at radius 3 is 2.51 bits per heavy atom. The summed E-state index contributed by atoms with van der Waals surface area (Å²) in [5, 5.41) is 0. The number of nitrogens with zero attached hydrogens (tertiary/aromatic N) is 3. The fourth-order valence-electron chi connectivity index (χ4n) is 5.22. The topological polar surface area (TPSA) is 62.2 Å². The number of piperidine rings is 1. The van der Waals surface area contributed by atoms with Crippen molar-refractivity contribution in [1.29, 1.82) is 0 Å². The monoisotopic (exact) mass is 489 g/mol. The van der Waals surface area contributed by atoms with Crippen molar-refractivity contribution >= 4 is 21.5 Å². The fourth-order valence-corrected chi connectivity index (χ4v) is 6.23. The molecule has 0 aromatic heterocycles. The highest BCUT2D eigenvalue weighted by Crippen LogP contribution is 2.46. The molecule has 0 bridgehead atoms. The Bertz CT molecular complexity index is 1340. The fraction of sp³-hybridized carbons (Fsp3) is 0.321. The summed E-state index contributed by atoms with van der Waals surface area (Å²) in [4.78, 5) is 4.68. The zero-order valence-electron chi connectivity index (χ0n) is 20.4. The van der Waals surface area contributed by atoms with Crippen molar-refractivity contribution in [2.24, 2.45) is 4.40 Å². The summed E-state index contributed by atoms with van der Waals surface area (Å²) in [6, 6.07) is 22.7. The molecule has 7 heteroatoms. The second-order valence-corrected chi connectivity index (χ2v) is 10.9. The van der Waals surface area contributed by atoms with Crippen LogP contribution in [0.3, 0.4) is 0 Å². The van der Waals surface area contributed by atoms with Gasteiger partial charge in [0.25, 0.3) is 10.0 Å². The molecule has 5 rings (SSSR count). The van der Waals surface area contributed by atoms with Gasteiger partial charge in [-0.1, -0.05) is 48.0 Å². The molecule has 182 valence electrons. The molecule has 0 amide bonds. The van der Waals surface area contributed by atoms with Gasteiger partial charge in [0.2, 0.25) is 0 Å². The molecule has 2 aliphatic heterocycles. The standard InChI is InChI=1S/C28H31N3O3S/c1-4-34-22-11-13-23(14-12-22)35(32,33)29-28(21-8-6-5-7-9-21)31-26-15-10-20(2)18-24(26)25-19-30(3)17-16-27(25)31/h5-15,18,25,27H,4,16-17,19H2,1-3H3/b29-28-. The van der Waals surface area contributed by atoms with Crippen LogP contribution in [0.15, 0.2) is 82.1 Å². The minimum atomic E-state index is -3.96. The molecular weight excluding hydrogens is 458 g/mol. The molecule has 1 saturated heterocycles. The Morgan fingerprint density at radius 1 is 1.06 bits per heavy atom. The van der Waals surface area contributed by atoms with Gasteiger partial charge in [0.1, 0.15) is 5.75 Å². The number of rotatable bonds is 5. The molecule has 6 nitrogen and oxygen atoms in total. The van der Waals surface area contributed by atoms with Gasteiger partial charge >= 0.3 is 0 Å². The Labute approximate surface area is 207 Å². The average Bonchev–Trinajstić information content (AvgIpc) is 3.16. The van der Waals surface area contributed by atoms with Crippen LogP contribution in [0.25, 0.3) is 0 Å². The largest absolute Gasteiger partial charge is 0.494 e. The third kappa shape index (κ3) is 4.58. The molecule has 0 N–H and O–H groups in total. The van der Waals surface area contributed by atoms with E-state index >= 15 is 0 Å².